The van der Waals surface area contributed by atoms with Crippen LogP contribution in [0.3, 0.4) is 0 Å². The number of anilines is 1. The Labute approximate surface area is 199 Å². The van der Waals surface area contributed by atoms with Crippen molar-refractivity contribution in [3.8, 4) is 5.75 Å². The maximum atomic E-state index is 12.3. The molecule has 0 aliphatic carbocycles. The fraction of sp³-hybridized carbons (Fsp3) is 0.190. The van der Waals surface area contributed by atoms with E-state index in [2.05, 4.69) is 22.1 Å². The molecule has 10 heteroatoms. The Bertz CT molecular complexity index is 1100. The van der Waals surface area contributed by atoms with E-state index in [0.717, 1.165) is 5.56 Å². The number of rotatable bonds is 9. The number of ether oxygens (including phenoxy) is 1. The van der Waals surface area contributed by atoms with Gasteiger partial charge in [-0.25, -0.2) is 0 Å². The molecule has 1 aromatic heterocycles. The molecule has 1 amide bonds. The van der Waals surface area contributed by atoms with Crippen LogP contribution in [0.15, 0.2) is 54.2 Å². The molecule has 162 valence electrons. The molecular formula is C21H19Cl3N4O2S. The highest BCUT2D eigenvalue weighted by atomic mass is 35.5. The molecule has 0 radical (unpaired) electrons. The van der Waals surface area contributed by atoms with E-state index in [9.17, 15) is 4.79 Å². The van der Waals surface area contributed by atoms with Crippen molar-refractivity contribution in [3.63, 3.8) is 0 Å². The van der Waals surface area contributed by atoms with Gasteiger partial charge in [0.25, 0.3) is 0 Å². The number of aryl methyl sites for hydroxylation is 1. The predicted octanol–water partition coefficient (Wildman–Crippen LogP) is 6.04. The van der Waals surface area contributed by atoms with E-state index >= 15 is 0 Å². The lowest BCUT2D eigenvalue weighted by Crippen LogP contribution is -2.15. The summed E-state index contributed by atoms with van der Waals surface area (Å²) in [6.07, 6.45) is 1.73. The zero-order chi connectivity index (χ0) is 22.4. The van der Waals surface area contributed by atoms with Crippen LogP contribution >= 0.6 is 46.6 Å². The molecule has 0 aliphatic rings. The highest BCUT2D eigenvalue weighted by Gasteiger charge is 2.15. The van der Waals surface area contributed by atoms with Gasteiger partial charge < -0.3 is 10.1 Å². The largest absolute Gasteiger partial charge is 0.486 e. The summed E-state index contributed by atoms with van der Waals surface area (Å²) in [6.45, 7) is 6.39. The molecule has 0 saturated heterocycles. The van der Waals surface area contributed by atoms with Gasteiger partial charge in [0.15, 0.2) is 11.0 Å². The first-order chi connectivity index (χ1) is 14.9. The Kier molecular flexibility index (Phi) is 8.26. The fourth-order valence-corrected chi connectivity index (χ4v) is 3.95. The van der Waals surface area contributed by atoms with Gasteiger partial charge in [-0.15, -0.1) is 16.8 Å². The second-order valence-electron chi connectivity index (χ2n) is 6.46. The molecule has 3 aromatic rings. The van der Waals surface area contributed by atoms with Crippen molar-refractivity contribution in [2.45, 2.75) is 25.2 Å². The summed E-state index contributed by atoms with van der Waals surface area (Å²) in [5.41, 5.74) is 1.42. The molecule has 0 bridgehead atoms. The number of halogens is 3. The smallest absolute Gasteiger partial charge is 0.234 e. The summed E-state index contributed by atoms with van der Waals surface area (Å²) in [7, 11) is 0. The molecule has 31 heavy (non-hydrogen) atoms. The van der Waals surface area contributed by atoms with Gasteiger partial charge in [-0.1, -0.05) is 52.6 Å². The Morgan fingerprint density at radius 2 is 2.00 bits per heavy atom. The lowest BCUT2D eigenvalue weighted by Gasteiger charge is -2.10. The minimum atomic E-state index is -0.225. The number of allylic oxidation sites excluding steroid dienone is 1. The molecule has 3 rings (SSSR count). The van der Waals surface area contributed by atoms with E-state index in [-0.39, 0.29) is 18.3 Å². The van der Waals surface area contributed by atoms with Crippen molar-refractivity contribution >= 4 is 58.2 Å². The molecule has 0 unspecified atom stereocenters. The normalized spacial score (nSPS) is 10.7. The monoisotopic (exact) mass is 496 g/mol. The first-order valence-corrected chi connectivity index (χ1v) is 11.3. The summed E-state index contributed by atoms with van der Waals surface area (Å²) in [5, 5.41) is 13.3. The molecular weight excluding hydrogens is 479 g/mol. The van der Waals surface area contributed by atoms with Gasteiger partial charge in [0.2, 0.25) is 5.91 Å². The van der Waals surface area contributed by atoms with Crippen LogP contribution in [0.4, 0.5) is 5.69 Å². The minimum absolute atomic E-state index is 0.130. The number of hydrogen-bond donors (Lipinski definition) is 1. The SMILES string of the molecule is C=CCn1c(COc2ccc(Cl)c(C)c2)nnc1SCC(=O)Nc1ccc(Cl)cc1Cl. The van der Waals surface area contributed by atoms with Crippen LogP contribution in [0.5, 0.6) is 5.75 Å². The number of amides is 1. The van der Waals surface area contributed by atoms with Crippen molar-refractivity contribution in [1.29, 1.82) is 0 Å². The highest BCUT2D eigenvalue weighted by molar-refractivity contribution is 7.99. The zero-order valence-electron chi connectivity index (χ0n) is 16.6. The topological polar surface area (TPSA) is 69.0 Å². The van der Waals surface area contributed by atoms with Crippen LogP contribution in [0.2, 0.25) is 15.1 Å². The molecule has 0 spiro atoms. The van der Waals surface area contributed by atoms with Gasteiger partial charge in [-0.3, -0.25) is 9.36 Å². The minimum Gasteiger partial charge on any atom is -0.486 e. The quantitative estimate of drug-likeness (QED) is 0.288. The zero-order valence-corrected chi connectivity index (χ0v) is 19.7. The average molecular weight is 498 g/mol. The predicted molar refractivity (Wildman–Crippen MR) is 127 cm³/mol. The molecule has 6 nitrogen and oxygen atoms in total. The maximum Gasteiger partial charge on any atom is 0.234 e. The Morgan fingerprint density at radius 1 is 1.19 bits per heavy atom. The van der Waals surface area contributed by atoms with E-state index < -0.39 is 0 Å². The number of hydrogen-bond acceptors (Lipinski definition) is 5. The molecule has 1 heterocycles. The number of carbonyl (C=O) groups is 1. The third-order valence-corrected chi connectivity index (χ3v) is 6.08. The molecule has 1 N–H and O–H groups in total. The van der Waals surface area contributed by atoms with Gasteiger partial charge in [0, 0.05) is 16.6 Å². The summed E-state index contributed by atoms with van der Waals surface area (Å²) in [5.74, 6) is 1.21. The van der Waals surface area contributed by atoms with Crippen LogP contribution in [0, 0.1) is 6.92 Å². The Balaban J connectivity index is 1.63. The summed E-state index contributed by atoms with van der Waals surface area (Å²) in [6, 6.07) is 10.3. The summed E-state index contributed by atoms with van der Waals surface area (Å²) < 4.78 is 7.68. The third-order valence-electron chi connectivity index (χ3n) is 4.14. The van der Waals surface area contributed by atoms with Gasteiger partial charge >= 0.3 is 0 Å². The standard InChI is InChI=1S/C21H19Cl3N4O2S/c1-3-8-28-19(11-30-15-5-6-16(23)13(2)9-15)26-27-21(28)31-12-20(29)25-18-7-4-14(22)10-17(18)24/h3-7,9-10H,1,8,11-12H2,2H3,(H,25,29). The first kappa shape index (κ1) is 23.5. The number of benzene rings is 2. The highest BCUT2D eigenvalue weighted by Crippen LogP contribution is 2.26. The first-order valence-electron chi connectivity index (χ1n) is 9.17. The lowest BCUT2D eigenvalue weighted by molar-refractivity contribution is -0.113. The molecule has 0 atom stereocenters. The van der Waals surface area contributed by atoms with E-state index in [1.165, 1.54) is 11.8 Å². The van der Waals surface area contributed by atoms with Crippen LogP contribution in [-0.2, 0) is 17.9 Å². The van der Waals surface area contributed by atoms with Gasteiger partial charge in [-0.05, 0) is 48.9 Å². The van der Waals surface area contributed by atoms with E-state index in [1.807, 2.05) is 17.6 Å². The van der Waals surface area contributed by atoms with Gasteiger partial charge in [0.1, 0.15) is 12.4 Å². The number of carbonyl (C=O) groups excluding carboxylic acids is 1. The molecule has 0 aliphatic heterocycles. The van der Waals surface area contributed by atoms with Crippen LogP contribution < -0.4 is 10.1 Å². The summed E-state index contributed by atoms with van der Waals surface area (Å²) >= 11 is 19.3. The van der Waals surface area contributed by atoms with E-state index in [4.69, 9.17) is 39.5 Å². The van der Waals surface area contributed by atoms with Crippen molar-refractivity contribution < 1.29 is 9.53 Å². The van der Waals surface area contributed by atoms with Gasteiger partial charge in [0.05, 0.1) is 16.5 Å². The molecule has 0 saturated carbocycles. The third kappa shape index (κ3) is 6.40. The Morgan fingerprint density at radius 3 is 2.71 bits per heavy atom. The van der Waals surface area contributed by atoms with E-state index in [1.54, 1.807) is 36.4 Å². The number of nitrogens with one attached hydrogen (secondary N) is 1. The molecule has 2 aromatic carbocycles. The number of thioether (sulfide) groups is 1. The lowest BCUT2D eigenvalue weighted by atomic mass is 10.2. The van der Waals surface area contributed by atoms with Crippen LogP contribution in [0.25, 0.3) is 0 Å². The summed E-state index contributed by atoms with van der Waals surface area (Å²) in [4.78, 5) is 12.3. The number of aromatic nitrogens is 3. The van der Waals surface area contributed by atoms with Crippen molar-refractivity contribution in [2.75, 3.05) is 11.1 Å². The van der Waals surface area contributed by atoms with Gasteiger partial charge in [-0.2, -0.15) is 0 Å². The fourth-order valence-electron chi connectivity index (χ4n) is 2.61. The van der Waals surface area contributed by atoms with Crippen molar-refractivity contribution in [2.24, 2.45) is 0 Å². The second-order valence-corrected chi connectivity index (χ2v) is 8.65. The van der Waals surface area contributed by atoms with E-state index in [0.29, 0.717) is 44.0 Å². The van der Waals surface area contributed by atoms with Crippen molar-refractivity contribution in [3.05, 3.63) is 75.5 Å². The second kappa shape index (κ2) is 10.9. The van der Waals surface area contributed by atoms with Crippen LogP contribution in [-0.4, -0.2) is 26.4 Å². The average Bonchev–Trinajstić information content (AvgIpc) is 3.11. The van der Waals surface area contributed by atoms with Crippen molar-refractivity contribution in [1.82, 2.24) is 14.8 Å². The van der Waals surface area contributed by atoms with Crippen LogP contribution in [0.1, 0.15) is 11.4 Å². The molecule has 0 fully saturated rings. The Hall–Kier alpha value is -2.19. The maximum absolute atomic E-state index is 12.3. The number of nitrogens with zero attached hydrogens (tertiary/aromatic N) is 3.